The zero-order valence-corrected chi connectivity index (χ0v) is 12.7. The van der Waals surface area contributed by atoms with E-state index < -0.39 is 0 Å². The Morgan fingerprint density at radius 1 is 0.750 bits per heavy atom. The number of nitrogens with two attached hydrogens (primary N) is 2. The minimum atomic E-state index is -0.216. The van der Waals surface area contributed by atoms with E-state index in [0.29, 0.717) is 22.5 Å². The molecule has 4 N–H and O–H groups in total. The highest BCUT2D eigenvalue weighted by Gasteiger charge is 2.20. The molecular formula is C20H14N2O2. The summed E-state index contributed by atoms with van der Waals surface area (Å²) in [5, 5.41) is 3.84. The van der Waals surface area contributed by atoms with E-state index in [2.05, 4.69) is 0 Å². The third-order valence-corrected chi connectivity index (χ3v) is 4.29. The Hall–Kier alpha value is -3.40. The van der Waals surface area contributed by atoms with Gasteiger partial charge >= 0.3 is 0 Å². The number of hydrogen-bond donors (Lipinski definition) is 2. The smallest absolute Gasteiger partial charge is 0.186 e. The van der Waals surface area contributed by atoms with Crippen LogP contribution >= 0.6 is 0 Å². The molecular weight excluding hydrogens is 300 g/mol. The van der Waals surface area contributed by atoms with Crippen molar-refractivity contribution in [3.05, 3.63) is 66.3 Å². The average molecular weight is 314 g/mol. The highest BCUT2D eigenvalue weighted by atomic mass is 16.1. The van der Waals surface area contributed by atoms with Gasteiger partial charge in [-0.15, -0.1) is 0 Å². The van der Waals surface area contributed by atoms with Crippen LogP contribution < -0.4 is 11.5 Å². The van der Waals surface area contributed by atoms with Crippen LogP contribution in [-0.4, -0.2) is 11.6 Å². The van der Waals surface area contributed by atoms with Gasteiger partial charge in [-0.1, -0.05) is 24.3 Å². The number of benzene rings is 3. The van der Waals surface area contributed by atoms with Gasteiger partial charge in [-0.25, -0.2) is 0 Å². The summed E-state index contributed by atoms with van der Waals surface area (Å²) >= 11 is 0. The van der Waals surface area contributed by atoms with E-state index in [1.54, 1.807) is 6.07 Å². The highest BCUT2D eigenvalue weighted by molar-refractivity contribution is 6.36. The number of carbonyl (C=O) groups excluding carboxylic acids is 2. The molecule has 0 heterocycles. The van der Waals surface area contributed by atoms with Gasteiger partial charge in [0.1, 0.15) is 0 Å². The van der Waals surface area contributed by atoms with Gasteiger partial charge in [0.2, 0.25) is 0 Å². The zero-order chi connectivity index (χ0) is 16.8. The van der Waals surface area contributed by atoms with E-state index in [1.807, 2.05) is 36.4 Å². The van der Waals surface area contributed by atoms with E-state index in [4.69, 9.17) is 11.5 Å². The van der Waals surface area contributed by atoms with E-state index in [1.165, 1.54) is 18.2 Å². The number of nitrogen functional groups attached to an aromatic ring is 2. The molecule has 24 heavy (non-hydrogen) atoms. The van der Waals surface area contributed by atoms with Crippen LogP contribution in [0.2, 0.25) is 0 Å². The molecule has 4 nitrogen and oxygen atoms in total. The highest BCUT2D eigenvalue weighted by Crippen LogP contribution is 2.36. The number of hydrogen-bond acceptors (Lipinski definition) is 4. The third-order valence-electron chi connectivity index (χ3n) is 4.29. The molecule has 0 aliphatic heterocycles. The lowest BCUT2D eigenvalue weighted by atomic mass is 9.89. The molecule has 0 aromatic heterocycles. The maximum Gasteiger partial charge on any atom is 0.186 e. The molecule has 0 bridgehead atoms. The van der Waals surface area contributed by atoms with Crippen molar-refractivity contribution < 1.29 is 9.59 Å². The first-order valence-electron chi connectivity index (χ1n) is 7.53. The van der Waals surface area contributed by atoms with Crippen LogP contribution in [0.15, 0.2) is 60.7 Å². The molecule has 0 atom stereocenters. The van der Waals surface area contributed by atoms with Crippen molar-refractivity contribution in [2.45, 2.75) is 0 Å². The summed E-state index contributed by atoms with van der Waals surface area (Å²) in [4.78, 5) is 24.0. The SMILES string of the molecule is Nc1ccc2c(ccc3c(C4=CC(=O)C=CC4=O)c(N)ccc32)c1. The lowest BCUT2D eigenvalue weighted by Crippen LogP contribution is -2.09. The van der Waals surface area contributed by atoms with E-state index in [9.17, 15) is 9.59 Å². The normalized spacial score (nSPS) is 14.4. The molecule has 3 aromatic rings. The van der Waals surface area contributed by atoms with Crippen LogP contribution in [0.4, 0.5) is 11.4 Å². The number of carbonyl (C=O) groups is 2. The van der Waals surface area contributed by atoms with Gasteiger partial charge in [0.15, 0.2) is 11.6 Å². The molecule has 1 aliphatic rings. The Labute approximate surface area is 138 Å². The third kappa shape index (κ3) is 2.08. The van der Waals surface area contributed by atoms with Crippen molar-refractivity contribution in [2.75, 3.05) is 11.5 Å². The largest absolute Gasteiger partial charge is 0.399 e. The van der Waals surface area contributed by atoms with Gasteiger partial charge in [-0.3, -0.25) is 9.59 Å². The van der Waals surface area contributed by atoms with Gasteiger partial charge in [-0.05, 0) is 58.0 Å². The summed E-state index contributed by atoms with van der Waals surface area (Å²) in [5.41, 5.74) is 14.1. The number of anilines is 2. The number of fused-ring (bicyclic) bond motifs is 3. The van der Waals surface area contributed by atoms with Crippen LogP contribution in [0.25, 0.3) is 27.1 Å². The summed E-state index contributed by atoms with van der Waals surface area (Å²) in [6.07, 6.45) is 3.91. The Morgan fingerprint density at radius 3 is 2.33 bits per heavy atom. The fraction of sp³-hybridized carbons (Fsp3) is 0. The van der Waals surface area contributed by atoms with Gasteiger partial charge in [0.05, 0.1) is 0 Å². The molecule has 4 rings (SSSR count). The van der Waals surface area contributed by atoms with Crippen molar-refractivity contribution in [3.63, 3.8) is 0 Å². The van der Waals surface area contributed by atoms with E-state index in [0.717, 1.165) is 21.5 Å². The molecule has 116 valence electrons. The van der Waals surface area contributed by atoms with Crippen LogP contribution in [0.3, 0.4) is 0 Å². The summed E-state index contributed by atoms with van der Waals surface area (Å²) in [5.74, 6) is -0.430. The summed E-state index contributed by atoms with van der Waals surface area (Å²) in [6, 6.07) is 13.3. The fourth-order valence-electron chi connectivity index (χ4n) is 3.19. The lowest BCUT2D eigenvalue weighted by molar-refractivity contribution is -0.113. The molecule has 3 aromatic carbocycles. The van der Waals surface area contributed by atoms with Gasteiger partial charge in [-0.2, -0.15) is 0 Å². The van der Waals surface area contributed by atoms with Crippen molar-refractivity contribution in [1.29, 1.82) is 0 Å². The molecule has 0 amide bonds. The first-order chi connectivity index (χ1) is 11.5. The first-order valence-corrected chi connectivity index (χ1v) is 7.53. The molecule has 0 saturated carbocycles. The monoisotopic (exact) mass is 314 g/mol. The van der Waals surface area contributed by atoms with Gasteiger partial charge < -0.3 is 11.5 Å². The standard InChI is InChI=1S/C20H14N2O2/c21-12-2-5-14-11(9-12)1-4-16-15(14)6-7-18(22)20(16)17-10-13(23)3-8-19(17)24/h1-10H,21-22H2. The number of allylic oxidation sites excluding steroid dienone is 4. The maximum atomic E-state index is 12.3. The minimum Gasteiger partial charge on any atom is -0.399 e. The molecule has 1 aliphatic carbocycles. The Bertz CT molecular complexity index is 1110. The Kier molecular flexibility index (Phi) is 3.00. The van der Waals surface area contributed by atoms with E-state index >= 15 is 0 Å². The lowest BCUT2D eigenvalue weighted by Gasteiger charge is -2.15. The molecule has 0 fully saturated rings. The second kappa shape index (κ2) is 5.06. The van der Waals surface area contributed by atoms with Crippen molar-refractivity contribution in [2.24, 2.45) is 0 Å². The molecule has 0 saturated heterocycles. The summed E-state index contributed by atoms with van der Waals surface area (Å²) in [7, 11) is 0. The quantitative estimate of drug-likeness (QED) is 0.410. The Balaban J connectivity index is 2.09. The first kappa shape index (κ1) is 14.2. The maximum absolute atomic E-state index is 12.3. The number of rotatable bonds is 1. The molecule has 0 radical (unpaired) electrons. The molecule has 0 spiro atoms. The second-order valence-electron chi connectivity index (χ2n) is 5.83. The second-order valence-corrected chi connectivity index (χ2v) is 5.83. The van der Waals surface area contributed by atoms with Gasteiger partial charge in [0.25, 0.3) is 0 Å². The van der Waals surface area contributed by atoms with Gasteiger partial charge in [0, 0.05) is 22.5 Å². The van der Waals surface area contributed by atoms with Crippen molar-refractivity contribution in [3.8, 4) is 0 Å². The van der Waals surface area contributed by atoms with Crippen LogP contribution in [0.1, 0.15) is 5.56 Å². The van der Waals surface area contributed by atoms with Crippen molar-refractivity contribution in [1.82, 2.24) is 0 Å². The van der Waals surface area contributed by atoms with Crippen molar-refractivity contribution >= 4 is 50.1 Å². The Morgan fingerprint density at radius 2 is 1.50 bits per heavy atom. The predicted octanol–water partition coefficient (Wildman–Crippen LogP) is 3.25. The molecule has 4 heteroatoms. The van der Waals surface area contributed by atoms with Crippen LogP contribution in [0.5, 0.6) is 0 Å². The fourth-order valence-corrected chi connectivity index (χ4v) is 3.19. The van der Waals surface area contributed by atoms with Crippen LogP contribution in [0, 0.1) is 0 Å². The van der Waals surface area contributed by atoms with Crippen LogP contribution in [-0.2, 0) is 9.59 Å². The average Bonchev–Trinajstić information content (AvgIpc) is 2.56. The summed E-state index contributed by atoms with van der Waals surface area (Å²) in [6.45, 7) is 0. The van der Waals surface area contributed by atoms with E-state index in [-0.39, 0.29) is 11.6 Å². The molecule has 0 unspecified atom stereocenters. The number of ketones is 2. The predicted molar refractivity (Wildman–Crippen MR) is 97.4 cm³/mol. The minimum absolute atomic E-state index is 0.213. The zero-order valence-electron chi connectivity index (χ0n) is 12.7. The summed E-state index contributed by atoms with van der Waals surface area (Å²) < 4.78 is 0. The topological polar surface area (TPSA) is 86.2 Å².